The minimum absolute atomic E-state index is 0.188. The van der Waals surface area contributed by atoms with E-state index in [1.54, 1.807) is 0 Å². The highest BCUT2D eigenvalue weighted by molar-refractivity contribution is 4.98. The molecule has 0 fully saturated rings. The molecule has 8 unspecified atom stereocenters. The summed E-state index contributed by atoms with van der Waals surface area (Å²) in [5.74, 6) is 0. The van der Waals surface area contributed by atoms with Crippen LogP contribution >= 0.6 is 0 Å². The summed E-state index contributed by atoms with van der Waals surface area (Å²) in [4.78, 5) is 23.0. The lowest BCUT2D eigenvalue weighted by atomic mass is 9.67. The average Bonchev–Trinajstić information content (AvgIpc) is 3.42. The molecule has 0 rings (SSSR count). The Morgan fingerprint density at radius 3 is 0.753 bits per heavy atom. The van der Waals surface area contributed by atoms with Crippen LogP contribution in [0.2, 0.25) is 0 Å². The van der Waals surface area contributed by atoms with E-state index in [9.17, 15) is 61.3 Å². The molecule has 0 aromatic rings. The van der Waals surface area contributed by atoms with Gasteiger partial charge in [0.25, 0.3) is 0 Å². The van der Waals surface area contributed by atoms with Crippen LogP contribution < -0.4 is 0 Å². The first kappa shape index (κ1) is 75.8. The second-order valence-electron chi connectivity index (χ2n) is 22.2. The largest absolute Gasteiger partial charge is 0.394 e. The Bertz CT molecular complexity index is 1140. The molecule has 0 amide bonds. The molecule has 0 heterocycles. The number of ether oxygens (including phenoxy) is 1. The number of hydrogen-bond acceptors (Lipinski definition) is 17. The lowest BCUT2D eigenvalue weighted by Gasteiger charge is -2.49. The van der Waals surface area contributed by atoms with Crippen molar-refractivity contribution in [3.63, 3.8) is 0 Å². The molecule has 0 aliphatic carbocycles. The van der Waals surface area contributed by atoms with Gasteiger partial charge in [-0.1, -0.05) is 154 Å². The smallest absolute Gasteiger partial charge is 0.109 e. The molecule has 0 radical (unpaired) electrons. The van der Waals surface area contributed by atoms with Crippen LogP contribution in [0.15, 0.2) is 24.3 Å². The van der Waals surface area contributed by atoms with E-state index in [1.807, 2.05) is 0 Å². The van der Waals surface area contributed by atoms with E-state index in [0.29, 0.717) is 12.8 Å². The third kappa shape index (κ3) is 40.6. The molecule has 0 spiro atoms. The molecule has 0 aromatic carbocycles. The molecule has 0 aliphatic rings. The van der Waals surface area contributed by atoms with Gasteiger partial charge < -0.3 is 66.0 Å². The highest BCUT2D eigenvalue weighted by Crippen LogP contribution is 2.46. The van der Waals surface area contributed by atoms with Gasteiger partial charge in [-0.3, -0.25) is 0 Å². The quantitative estimate of drug-likeness (QED) is 0.0118. The van der Waals surface area contributed by atoms with Crippen LogP contribution in [0.25, 0.3) is 0 Å². The van der Waals surface area contributed by atoms with Gasteiger partial charge in [0.2, 0.25) is 0 Å². The van der Waals surface area contributed by atoms with Crippen molar-refractivity contribution in [2.75, 3.05) is 66.1 Å². The number of hydrogen-bond donors (Lipinski definition) is 12. The zero-order valence-corrected chi connectivity index (χ0v) is 48.4. The summed E-state index contributed by atoms with van der Waals surface area (Å²) in [6, 6.07) is 0. The Labute approximate surface area is 466 Å². The molecular formula is C60H118O17. The van der Waals surface area contributed by atoms with Gasteiger partial charge in [0.1, 0.15) is 13.2 Å². The van der Waals surface area contributed by atoms with Gasteiger partial charge in [-0.15, -0.1) is 0 Å². The van der Waals surface area contributed by atoms with Gasteiger partial charge in [-0.25, -0.2) is 19.6 Å². The number of aliphatic hydroxyl groups excluding tert-OH is 12. The highest BCUT2D eigenvalue weighted by Gasteiger charge is 2.50. The van der Waals surface area contributed by atoms with Crippen LogP contribution in [0.1, 0.15) is 232 Å². The van der Waals surface area contributed by atoms with Crippen LogP contribution in [0.3, 0.4) is 0 Å². The van der Waals surface area contributed by atoms with Crippen molar-refractivity contribution in [1.82, 2.24) is 0 Å². The van der Waals surface area contributed by atoms with Crippen LogP contribution in [0.5, 0.6) is 0 Å². The monoisotopic (exact) mass is 1110 g/mol. The van der Waals surface area contributed by atoms with Gasteiger partial charge in [0, 0.05) is 10.8 Å². The molecule has 12 N–H and O–H groups in total. The van der Waals surface area contributed by atoms with Crippen LogP contribution in [-0.4, -0.2) is 176 Å². The summed E-state index contributed by atoms with van der Waals surface area (Å²) in [6.07, 6.45) is 27.1. The summed E-state index contributed by atoms with van der Waals surface area (Å²) in [7, 11) is 0. The van der Waals surface area contributed by atoms with Crippen molar-refractivity contribution in [1.29, 1.82) is 0 Å². The SMILES string of the molecule is CCCCCCCC/C=C\CCCCCCCCOOCC(OC(COOCCCCCCCC/C=C\CCCCCCCC)C(CC(O)CO)(CC(O)CO)CC(O)CO)C(CC(O)CO)(CC(O)CO)CC(O)CO. The van der Waals surface area contributed by atoms with Gasteiger partial charge >= 0.3 is 0 Å². The maximum absolute atomic E-state index is 11.1. The van der Waals surface area contributed by atoms with Crippen LogP contribution in [0, 0.1) is 10.8 Å². The van der Waals surface area contributed by atoms with E-state index in [4.69, 9.17) is 24.3 Å². The summed E-state index contributed by atoms with van der Waals surface area (Å²) in [6.45, 7) is -0.570. The Balaban J connectivity index is 6.30. The van der Waals surface area contributed by atoms with Crippen molar-refractivity contribution in [3.8, 4) is 0 Å². The molecule has 17 heteroatoms. The minimum atomic E-state index is -1.63. The highest BCUT2D eigenvalue weighted by atomic mass is 17.2. The number of unbranched alkanes of at least 4 members (excludes halogenated alkanes) is 24. The summed E-state index contributed by atoms with van der Waals surface area (Å²) >= 11 is 0. The van der Waals surface area contributed by atoms with Crippen LogP contribution in [0.4, 0.5) is 0 Å². The Kier molecular flexibility index (Phi) is 52.0. The summed E-state index contributed by atoms with van der Waals surface area (Å²) < 4.78 is 6.95. The molecule has 77 heavy (non-hydrogen) atoms. The molecule has 0 bridgehead atoms. The van der Waals surface area contributed by atoms with E-state index in [0.717, 1.165) is 89.9 Å². The molecule has 0 saturated carbocycles. The lowest BCUT2D eigenvalue weighted by molar-refractivity contribution is -0.342. The molecule has 8 atom stereocenters. The number of rotatable bonds is 60. The first-order valence-electron chi connectivity index (χ1n) is 30.5. The lowest BCUT2D eigenvalue weighted by Crippen LogP contribution is -2.54. The van der Waals surface area contributed by atoms with Gasteiger partial charge in [0.05, 0.1) is 102 Å². The molecule has 0 aliphatic heterocycles. The molecule has 17 nitrogen and oxygen atoms in total. The van der Waals surface area contributed by atoms with E-state index in [1.165, 1.54) is 77.0 Å². The van der Waals surface area contributed by atoms with Crippen molar-refractivity contribution in [2.45, 2.75) is 281 Å². The second kappa shape index (κ2) is 52.8. The fraction of sp³-hybridized carbons (Fsp3) is 0.933. The zero-order valence-electron chi connectivity index (χ0n) is 48.4. The summed E-state index contributed by atoms with van der Waals surface area (Å²) in [5.41, 5.74) is -3.26. The normalized spacial score (nSPS) is 17.1. The first-order valence-corrected chi connectivity index (χ1v) is 30.5. The van der Waals surface area contributed by atoms with E-state index < -0.39 is 113 Å². The van der Waals surface area contributed by atoms with Crippen molar-refractivity contribution < 1.29 is 85.6 Å². The predicted octanol–water partition coefficient (Wildman–Crippen LogP) is 8.14. The minimum Gasteiger partial charge on any atom is -0.394 e. The summed E-state index contributed by atoms with van der Waals surface area (Å²) in [5, 5.41) is 127. The standard InChI is InChI=1S/C60H118O17/c1-3-5-7-9-11-13-15-17-19-21-23-25-27-29-31-33-35-73-75-49-57(59(37-51(67)43-61,38-52(68)44-62)39-53(69)45-63)77-58(60(40-54(70)46-64,41-55(71)47-65)42-56(72)48-66)50-76-74-36-34-32-30-28-26-24-22-20-18-16-14-12-10-8-6-4-2/h17-20,51-58,61-72H,3-16,21-50H2,1-2H3/b19-17-,20-18-. The molecule has 460 valence electrons. The third-order valence-corrected chi connectivity index (χ3v) is 14.9. The van der Waals surface area contributed by atoms with Crippen molar-refractivity contribution >= 4 is 0 Å². The molecule has 0 saturated heterocycles. The topological polar surface area (TPSA) is 289 Å². The fourth-order valence-electron chi connectivity index (χ4n) is 10.6. The molecule has 0 aromatic heterocycles. The maximum Gasteiger partial charge on any atom is 0.109 e. The fourth-order valence-corrected chi connectivity index (χ4v) is 10.6. The van der Waals surface area contributed by atoms with E-state index in [-0.39, 0.29) is 51.7 Å². The maximum atomic E-state index is 11.1. The Hall–Kier alpha value is -1.20. The predicted molar refractivity (Wildman–Crippen MR) is 302 cm³/mol. The van der Waals surface area contributed by atoms with E-state index >= 15 is 0 Å². The molecular weight excluding hydrogens is 993 g/mol. The Morgan fingerprint density at radius 1 is 0.299 bits per heavy atom. The third-order valence-electron chi connectivity index (χ3n) is 14.9. The van der Waals surface area contributed by atoms with E-state index in [2.05, 4.69) is 38.2 Å². The van der Waals surface area contributed by atoms with Gasteiger partial charge in [-0.2, -0.15) is 0 Å². The van der Waals surface area contributed by atoms with Gasteiger partial charge in [-0.05, 0) is 103 Å². The number of aliphatic hydroxyl groups is 12. The number of allylic oxidation sites excluding steroid dienone is 4. The first-order chi connectivity index (χ1) is 37.4. The zero-order chi connectivity index (χ0) is 57.1. The Morgan fingerprint density at radius 2 is 0.519 bits per heavy atom. The average molecular weight is 1110 g/mol. The van der Waals surface area contributed by atoms with Crippen molar-refractivity contribution in [2.24, 2.45) is 10.8 Å². The van der Waals surface area contributed by atoms with Crippen LogP contribution in [-0.2, 0) is 24.3 Å². The van der Waals surface area contributed by atoms with Gasteiger partial charge in [0.15, 0.2) is 0 Å². The van der Waals surface area contributed by atoms with Crippen molar-refractivity contribution in [3.05, 3.63) is 24.3 Å². The second-order valence-corrected chi connectivity index (χ2v) is 22.2.